The highest BCUT2D eigenvalue weighted by atomic mass is 35.5. The van der Waals surface area contributed by atoms with E-state index in [2.05, 4.69) is 4.98 Å². The molecular formula is C18H10Cl4N2O3S2. The molecule has 0 bridgehead atoms. The van der Waals surface area contributed by atoms with E-state index in [0.29, 0.717) is 41.0 Å². The Bertz CT molecular complexity index is 1170. The van der Waals surface area contributed by atoms with Crippen LogP contribution < -0.4 is 4.90 Å². The van der Waals surface area contributed by atoms with E-state index in [4.69, 9.17) is 46.4 Å². The van der Waals surface area contributed by atoms with Gasteiger partial charge >= 0.3 is 5.97 Å². The molecular weight excluding hydrogens is 498 g/mol. The number of rotatable bonds is 4. The Balaban J connectivity index is 1.76. The summed E-state index contributed by atoms with van der Waals surface area (Å²) in [5.74, 6) is -1.35. The van der Waals surface area contributed by atoms with Gasteiger partial charge in [0.05, 0.1) is 43.7 Å². The summed E-state index contributed by atoms with van der Waals surface area (Å²) in [5.41, 5.74) is 1.13. The average molecular weight is 508 g/mol. The monoisotopic (exact) mass is 506 g/mol. The van der Waals surface area contributed by atoms with E-state index in [9.17, 15) is 14.7 Å². The van der Waals surface area contributed by atoms with E-state index in [1.807, 2.05) is 0 Å². The molecule has 4 rings (SSSR count). The lowest BCUT2D eigenvalue weighted by atomic mass is 10.2. The Hall–Kier alpha value is -1.22. The number of aliphatic carboxylic acids is 1. The molecule has 0 fully saturated rings. The first-order valence-corrected chi connectivity index (χ1v) is 11.4. The summed E-state index contributed by atoms with van der Waals surface area (Å²) >= 11 is 27.2. The van der Waals surface area contributed by atoms with Crippen LogP contribution >= 0.6 is 69.5 Å². The normalized spacial score (nSPS) is 16.3. The van der Waals surface area contributed by atoms with Crippen molar-refractivity contribution in [3.63, 3.8) is 0 Å². The molecule has 1 atom stereocenters. The van der Waals surface area contributed by atoms with Gasteiger partial charge in [-0.1, -0.05) is 46.4 Å². The Morgan fingerprint density at radius 3 is 2.66 bits per heavy atom. The lowest BCUT2D eigenvalue weighted by molar-refractivity contribution is -0.138. The van der Waals surface area contributed by atoms with Gasteiger partial charge in [-0.05, 0) is 24.3 Å². The molecule has 0 radical (unpaired) electrons. The maximum Gasteiger partial charge on any atom is 0.305 e. The molecule has 1 unspecified atom stereocenters. The van der Waals surface area contributed by atoms with Crippen LogP contribution in [0.3, 0.4) is 0 Å². The summed E-state index contributed by atoms with van der Waals surface area (Å²) in [4.78, 5) is 31.0. The van der Waals surface area contributed by atoms with E-state index in [-0.39, 0.29) is 18.9 Å². The number of hydrogen-bond donors (Lipinski definition) is 1. The Morgan fingerprint density at radius 1 is 1.17 bits per heavy atom. The Morgan fingerprint density at radius 2 is 1.93 bits per heavy atom. The molecule has 3 aromatic rings. The largest absolute Gasteiger partial charge is 0.481 e. The van der Waals surface area contributed by atoms with E-state index in [0.717, 1.165) is 4.90 Å². The highest BCUT2D eigenvalue weighted by Gasteiger charge is 2.35. The number of thiazole rings is 1. The minimum atomic E-state index is -1.05. The molecule has 11 heteroatoms. The zero-order valence-electron chi connectivity index (χ0n) is 14.3. The van der Waals surface area contributed by atoms with Crippen LogP contribution in [0.25, 0.3) is 10.2 Å². The minimum absolute atomic E-state index is 0.147. The Labute approximate surface area is 193 Å². The SMILES string of the molecule is O=C(O)CC1Sc2cc(Cl)ccc2N(Cc2nc3c(Cl)c(Cl)cc(Cl)c3s2)C1=O. The summed E-state index contributed by atoms with van der Waals surface area (Å²) in [7, 11) is 0. The van der Waals surface area contributed by atoms with Gasteiger partial charge in [0.2, 0.25) is 5.91 Å². The fourth-order valence-electron chi connectivity index (χ4n) is 2.98. The average Bonchev–Trinajstić information content (AvgIpc) is 3.07. The van der Waals surface area contributed by atoms with Crippen molar-refractivity contribution >= 4 is 97.3 Å². The highest BCUT2D eigenvalue weighted by Crippen LogP contribution is 2.44. The highest BCUT2D eigenvalue weighted by molar-refractivity contribution is 8.01. The van der Waals surface area contributed by atoms with Crippen LogP contribution in [0.15, 0.2) is 29.2 Å². The van der Waals surface area contributed by atoms with Gasteiger partial charge in [-0.3, -0.25) is 9.59 Å². The van der Waals surface area contributed by atoms with Gasteiger partial charge in [-0.15, -0.1) is 23.1 Å². The molecule has 1 N–H and O–H groups in total. The van der Waals surface area contributed by atoms with Crippen molar-refractivity contribution in [3.05, 3.63) is 49.4 Å². The smallest absolute Gasteiger partial charge is 0.305 e. The van der Waals surface area contributed by atoms with E-state index < -0.39 is 11.2 Å². The predicted octanol–water partition coefficient (Wildman–Crippen LogP) is 6.39. The third-order valence-electron chi connectivity index (χ3n) is 4.24. The molecule has 1 amide bonds. The Kier molecular flexibility index (Phi) is 5.90. The second-order valence-electron chi connectivity index (χ2n) is 6.18. The molecule has 1 aliphatic rings. The summed E-state index contributed by atoms with van der Waals surface area (Å²) in [6, 6.07) is 6.70. The molecule has 0 saturated carbocycles. The lowest BCUT2D eigenvalue weighted by Gasteiger charge is -2.32. The van der Waals surface area contributed by atoms with E-state index >= 15 is 0 Å². The van der Waals surface area contributed by atoms with Crippen molar-refractivity contribution in [2.45, 2.75) is 23.1 Å². The summed E-state index contributed by atoms with van der Waals surface area (Å²) in [5, 5.41) is 10.6. The van der Waals surface area contributed by atoms with E-state index in [1.165, 1.54) is 28.0 Å². The third kappa shape index (κ3) is 4.04. The quantitative estimate of drug-likeness (QED) is 0.414. The summed E-state index contributed by atoms with van der Waals surface area (Å²) < 4.78 is 0.674. The van der Waals surface area contributed by atoms with Crippen LogP contribution in [-0.2, 0) is 16.1 Å². The third-order valence-corrected chi connectivity index (χ3v) is 7.97. The standard InChI is InChI=1S/C18H10Cl4N2O3S2/c19-7-1-2-10-11(3-7)28-12(5-14(25)26)18(27)24(10)6-13-23-16-15(22)8(20)4-9(21)17(16)29-13/h1-4,12H,5-6H2,(H,25,26). The lowest BCUT2D eigenvalue weighted by Crippen LogP contribution is -2.41. The van der Waals surface area contributed by atoms with E-state index in [1.54, 1.807) is 24.3 Å². The van der Waals surface area contributed by atoms with Crippen LogP contribution in [0.4, 0.5) is 5.69 Å². The topological polar surface area (TPSA) is 70.5 Å². The number of nitrogens with zero attached hydrogens (tertiary/aromatic N) is 2. The number of hydrogen-bond acceptors (Lipinski definition) is 5. The van der Waals surface area contributed by atoms with Crippen LogP contribution in [0.2, 0.25) is 20.1 Å². The van der Waals surface area contributed by atoms with Crippen LogP contribution in [0.5, 0.6) is 0 Å². The summed E-state index contributed by atoms with van der Waals surface area (Å²) in [6.07, 6.45) is -0.293. The molecule has 5 nitrogen and oxygen atoms in total. The van der Waals surface area contributed by atoms with Crippen molar-refractivity contribution in [2.24, 2.45) is 0 Å². The fourth-order valence-corrected chi connectivity index (χ4v) is 6.26. The molecule has 0 spiro atoms. The number of carboxylic acids is 1. The number of thioether (sulfide) groups is 1. The molecule has 0 saturated heterocycles. The molecule has 1 aliphatic heterocycles. The van der Waals surface area contributed by atoms with Crippen LogP contribution in [-0.4, -0.2) is 27.2 Å². The number of benzene rings is 2. The predicted molar refractivity (Wildman–Crippen MR) is 119 cm³/mol. The minimum Gasteiger partial charge on any atom is -0.481 e. The number of halogens is 4. The number of carbonyl (C=O) groups is 2. The van der Waals surface area contributed by atoms with Gasteiger partial charge in [0, 0.05) is 9.92 Å². The molecule has 1 aromatic heterocycles. The van der Waals surface area contributed by atoms with Crippen molar-refractivity contribution in [1.82, 2.24) is 4.98 Å². The second kappa shape index (κ2) is 8.13. The second-order valence-corrected chi connectivity index (χ2v) is 10.1. The van der Waals surface area contributed by atoms with Crippen molar-refractivity contribution in [2.75, 3.05) is 4.90 Å². The zero-order chi connectivity index (χ0) is 20.9. The number of fused-ring (bicyclic) bond motifs is 2. The van der Waals surface area contributed by atoms with Gasteiger partial charge in [-0.2, -0.15) is 0 Å². The van der Waals surface area contributed by atoms with Crippen molar-refractivity contribution in [1.29, 1.82) is 0 Å². The summed E-state index contributed by atoms with van der Waals surface area (Å²) in [6.45, 7) is 0.147. The van der Waals surface area contributed by atoms with Gasteiger partial charge in [0.1, 0.15) is 10.5 Å². The van der Waals surface area contributed by atoms with Gasteiger partial charge < -0.3 is 10.0 Å². The number of aromatic nitrogens is 1. The van der Waals surface area contributed by atoms with Gasteiger partial charge in [0.25, 0.3) is 0 Å². The molecule has 29 heavy (non-hydrogen) atoms. The maximum atomic E-state index is 13.0. The number of carbonyl (C=O) groups excluding carboxylic acids is 1. The first kappa shape index (κ1) is 21.0. The molecule has 2 aromatic carbocycles. The van der Waals surface area contributed by atoms with Crippen molar-refractivity contribution in [3.8, 4) is 0 Å². The van der Waals surface area contributed by atoms with Crippen LogP contribution in [0, 0.1) is 0 Å². The fraction of sp³-hybridized carbons (Fsp3) is 0.167. The number of carboxylic acid groups (broad SMARTS) is 1. The zero-order valence-corrected chi connectivity index (χ0v) is 18.9. The molecule has 2 heterocycles. The molecule has 0 aliphatic carbocycles. The van der Waals surface area contributed by atoms with Gasteiger partial charge in [-0.25, -0.2) is 4.98 Å². The first-order chi connectivity index (χ1) is 13.7. The number of amides is 1. The van der Waals surface area contributed by atoms with Gasteiger partial charge in [0.15, 0.2) is 0 Å². The van der Waals surface area contributed by atoms with Crippen molar-refractivity contribution < 1.29 is 14.7 Å². The number of anilines is 1. The van der Waals surface area contributed by atoms with Crippen LogP contribution in [0.1, 0.15) is 11.4 Å². The first-order valence-electron chi connectivity index (χ1n) is 8.17. The maximum absolute atomic E-state index is 13.0. The molecule has 150 valence electrons.